The van der Waals surface area contributed by atoms with Gasteiger partial charge in [0.2, 0.25) is 5.91 Å². The minimum absolute atomic E-state index is 0.0766. The summed E-state index contributed by atoms with van der Waals surface area (Å²) in [5, 5.41) is 13.8. The van der Waals surface area contributed by atoms with Crippen LogP contribution in [-0.4, -0.2) is 73.4 Å². The van der Waals surface area contributed by atoms with Crippen LogP contribution in [0.2, 0.25) is 0 Å². The Bertz CT molecular complexity index is 1020. The summed E-state index contributed by atoms with van der Waals surface area (Å²) in [6.07, 6.45) is 54.8. The highest BCUT2D eigenvalue weighted by Gasteiger charge is 2.28. The van der Waals surface area contributed by atoms with Crippen LogP contribution in [0.25, 0.3) is 0 Å². The molecule has 9 heteroatoms. The van der Waals surface area contributed by atoms with Crippen molar-refractivity contribution in [2.45, 2.75) is 283 Å². The molecule has 0 aromatic heterocycles. The number of likely N-dealkylation sites (N-methyl/N-ethyl adjacent to an activating group) is 1. The summed E-state index contributed by atoms with van der Waals surface area (Å²) in [6, 6.07) is -0.752. The zero-order valence-corrected chi connectivity index (χ0v) is 43.0. The quantitative estimate of drug-likeness (QED) is 0.0243. The number of rotatable bonds is 50. The van der Waals surface area contributed by atoms with Gasteiger partial charge in [0.1, 0.15) is 13.2 Å². The zero-order chi connectivity index (χ0) is 45.7. The minimum atomic E-state index is -4.30. The highest BCUT2D eigenvalue weighted by atomic mass is 31.2. The molecule has 370 valence electrons. The number of hydrogen-bond acceptors (Lipinski definition) is 5. The van der Waals surface area contributed by atoms with Gasteiger partial charge in [-0.1, -0.05) is 238 Å². The number of amides is 1. The number of hydrogen-bond donors (Lipinski definition) is 3. The molecule has 3 unspecified atom stereocenters. The van der Waals surface area contributed by atoms with Gasteiger partial charge in [-0.2, -0.15) is 0 Å². The highest BCUT2D eigenvalue weighted by molar-refractivity contribution is 7.47. The molecular formula is C53H108N2O6P+. The Morgan fingerprint density at radius 3 is 1.24 bits per heavy atom. The second-order valence-electron chi connectivity index (χ2n) is 20.0. The zero-order valence-electron chi connectivity index (χ0n) is 42.1. The summed E-state index contributed by atoms with van der Waals surface area (Å²) in [7, 11) is 1.62. The summed E-state index contributed by atoms with van der Waals surface area (Å²) in [5.41, 5.74) is 0. The van der Waals surface area contributed by atoms with Crippen LogP contribution in [0.15, 0.2) is 12.2 Å². The third-order valence-electron chi connectivity index (χ3n) is 12.5. The van der Waals surface area contributed by atoms with Crippen molar-refractivity contribution in [3.8, 4) is 0 Å². The second kappa shape index (κ2) is 45.4. The average Bonchev–Trinajstić information content (AvgIpc) is 3.23. The summed E-state index contributed by atoms with van der Waals surface area (Å²) in [4.78, 5) is 23.0. The lowest BCUT2D eigenvalue weighted by atomic mass is 10.0. The molecule has 3 atom stereocenters. The average molecular weight is 900 g/mol. The molecule has 0 aromatic rings. The van der Waals surface area contributed by atoms with Gasteiger partial charge in [0.15, 0.2) is 0 Å². The summed E-state index contributed by atoms with van der Waals surface area (Å²) in [5.74, 6) is -0.146. The van der Waals surface area contributed by atoms with Gasteiger partial charge in [-0.15, -0.1) is 0 Å². The molecule has 0 aliphatic carbocycles. The molecule has 0 bridgehead atoms. The highest BCUT2D eigenvalue weighted by Crippen LogP contribution is 2.43. The summed E-state index contributed by atoms with van der Waals surface area (Å²) < 4.78 is 23.5. The molecule has 8 nitrogen and oxygen atoms in total. The largest absolute Gasteiger partial charge is 0.472 e. The van der Waals surface area contributed by atoms with Crippen molar-refractivity contribution in [1.82, 2.24) is 5.32 Å². The molecule has 0 aliphatic rings. The number of aliphatic hydroxyl groups is 1. The molecule has 62 heavy (non-hydrogen) atoms. The molecule has 0 fully saturated rings. The fraction of sp³-hybridized carbons (Fsp3) is 0.943. The number of carbonyl (C=O) groups excluding carboxylic acids is 1. The van der Waals surface area contributed by atoms with Crippen LogP contribution in [0.4, 0.5) is 0 Å². The SMILES string of the molecule is CCCCCCCCCC/C=C\CCCCCCCCCCCCCCCCCCCCCCCCCC(=O)NC(COP(=O)(O)OCC[N+](C)(C)C)C(O)CCCCCCC. The van der Waals surface area contributed by atoms with Gasteiger partial charge in [0.05, 0.1) is 39.9 Å². The first-order valence-corrected chi connectivity index (χ1v) is 28.5. The Morgan fingerprint density at radius 1 is 0.532 bits per heavy atom. The number of allylic oxidation sites excluding steroid dienone is 2. The van der Waals surface area contributed by atoms with Crippen molar-refractivity contribution < 1.29 is 32.9 Å². The van der Waals surface area contributed by atoms with Crippen LogP contribution in [0.3, 0.4) is 0 Å². The van der Waals surface area contributed by atoms with Crippen LogP contribution < -0.4 is 5.32 Å². The third kappa shape index (κ3) is 47.2. The normalized spacial score (nSPS) is 14.1. The van der Waals surface area contributed by atoms with E-state index in [0.29, 0.717) is 23.9 Å². The van der Waals surface area contributed by atoms with E-state index in [1.807, 2.05) is 21.1 Å². The van der Waals surface area contributed by atoms with Crippen LogP contribution in [0.5, 0.6) is 0 Å². The molecular weight excluding hydrogens is 792 g/mol. The maximum Gasteiger partial charge on any atom is 0.472 e. The maximum atomic E-state index is 12.8. The fourth-order valence-electron chi connectivity index (χ4n) is 8.22. The van der Waals surface area contributed by atoms with E-state index >= 15 is 0 Å². The topological polar surface area (TPSA) is 105 Å². The first-order valence-electron chi connectivity index (χ1n) is 27.1. The van der Waals surface area contributed by atoms with Crippen molar-refractivity contribution in [3.63, 3.8) is 0 Å². The minimum Gasteiger partial charge on any atom is -0.391 e. The van der Waals surface area contributed by atoms with E-state index in [9.17, 15) is 19.4 Å². The standard InChI is InChI=1S/C53H107N2O6P/c1-6-8-10-12-13-14-15-16-17-18-19-20-21-22-23-24-25-26-27-28-29-30-31-32-33-34-35-36-37-38-39-40-41-43-45-47-53(57)54-51(52(56)46-44-42-11-9-7-2)50-61-62(58,59)60-49-48-55(3,4)5/h18-19,51-52,56H,6-17,20-50H2,1-5H3,(H-,54,57,58,59)/p+1/b19-18-. The van der Waals surface area contributed by atoms with Crippen molar-refractivity contribution >= 4 is 13.7 Å². The third-order valence-corrected chi connectivity index (χ3v) is 13.5. The Labute approximate surface area is 386 Å². The predicted molar refractivity (Wildman–Crippen MR) is 268 cm³/mol. The number of unbranched alkanes of at least 4 members (excludes halogenated alkanes) is 35. The Morgan fingerprint density at radius 2 is 0.871 bits per heavy atom. The number of nitrogens with one attached hydrogen (secondary N) is 1. The van der Waals surface area contributed by atoms with Gasteiger partial charge < -0.3 is 19.8 Å². The first kappa shape index (κ1) is 61.2. The predicted octanol–water partition coefficient (Wildman–Crippen LogP) is 15.9. The first-order chi connectivity index (χ1) is 30.0. The monoisotopic (exact) mass is 900 g/mol. The van der Waals surface area contributed by atoms with Crippen molar-refractivity contribution in [2.75, 3.05) is 40.9 Å². The lowest BCUT2D eigenvalue weighted by Crippen LogP contribution is -2.46. The molecule has 0 radical (unpaired) electrons. The molecule has 0 rings (SSSR count). The van der Waals surface area contributed by atoms with E-state index in [-0.39, 0.29) is 19.1 Å². The van der Waals surface area contributed by atoms with E-state index in [0.717, 1.165) is 51.4 Å². The summed E-state index contributed by atoms with van der Waals surface area (Å²) in [6.45, 7) is 4.82. The Hall–Kier alpha value is -0.760. The number of aliphatic hydroxyl groups excluding tert-OH is 1. The van der Waals surface area contributed by atoms with Gasteiger partial charge in [-0.25, -0.2) is 4.57 Å². The van der Waals surface area contributed by atoms with Crippen molar-refractivity contribution in [3.05, 3.63) is 12.2 Å². The number of phosphoric acid groups is 1. The fourth-order valence-corrected chi connectivity index (χ4v) is 8.96. The van der Waals surface area contributed by atoms with E-state index in [1.165, 1.54) is 193 Å². The van der Waals surface area contributed by atoms with Crippen molar-refractivity contribution in [1.29, 1.82) is 0 Å². The van der Waals surface area contributed by atoms with Crippen LogP contribution in [-0.2, 0) is 18.4 Å². The molecule has 0 saturated carbocycles. The van der Waals surface area contributed by atoms with Crippen LogP contribution in [0, 0.1) is 0 Å². The van der Waals surface area contributed by atoms with Gasteiger partial charge in [-0.3, -0.25) is 13.8 Å². The molecule has 0 aromatic carbocycles. The van der Waals surface area contributed by atoms with E-state index in [2.05, 4.69) is 31.3 Å². The van der Waals surface area contributed by atoms with Gasteiger partial charge in [-0.05, 0) is 38.5 Å². The van der Waals surface area contributed by atoms with E-state index in [4.69, 9.17) is 9.05 Å². The maximum absolute atomic E-state index is 12.8. The molecule has 3 N–H and O–H groups in total. The Kier molecular flexibility index (Phi) is 44.8. The lowest BCUT2D eigenvalue weighted by molar-refractivity contribution is -0.870. The molecule has 0 spiro atoms. The summed E-state index contributed by atoms with van der Waals surface area (Å²) >= 11 is 0. The molecule has 0 aliphatic heterocycles. The van der Waals surface area contributed by atoms with Crippen molar-refractivity contribution in [2.24, 2.45) is 0 Å². The lowest BCUT2D eigenvalue weighted by Gasteiger charge is -2.26. The number of carbonyl (C=O) groups is 1. The second-order valence-corrected chi connectivity index (χ2v) is 21.4. The van der Waals surface area contributed by atoms with Crippen LogP contribution in [0.1, 0.15) is 271 Å². The number of nitrogens with zero attached hydrogens (tertiary/aromatic N) is 1. The van der Waals surface area contributed by atoms with E-state index < -0.39 is 20.0 Å². The van der Waals surface area contributed by atoms with Gasteiger partial charge in [0.25, 0.3) is 0 Å². The van der Waals surface area contributed by atoms with Crippen LogP contribution >= 0.6 is 7.82 Å². The number of quaternary nitrogens is 1. The van der Waals surface area contributed by atoms with E-state index in [1.54, 1.807) is 0 Å². The molecule has 1 amide bonds. The smallest absolute Gasteiger partial charge is 0.391 e. The molecule has 0 saturated heterocycles. The Balaban J connectivity index is 3.70. The van der Waals surface area contributed by atoms with Gasteiger partial charge in [0, 0.05) is 6.42 Å². The number of phosphoric ester groups is 1. The van der Waals surface area contributed by atoms with Gasteiger partial charge >= 0.3 is 7.82 Å². The molecule has 0 heterocycles.